The van der Waals surface area contributed by atoms with E-state index in [1.54, 1.807) is 59.3 Å². The van der Waals surface area contributed by atoms with Gasteiger partial charge in [-0.25, -0.2) is 0 Å². The van der Waals surface area contributed by atoms with E-state index in [4.69, 9.17) is 11.6 Å². The summed E-state index contributed by atoms with van der Waals surface area (Å²) in [7, 11) is 0. The van der Waals surface area contributed by atoms with Crippen LogP contribution in [0.25, 0.3) is 11.8 Å². The van der Waals surface area contributed by atoms with E-state index >= 15 is 0 Å². The third kappa shape index (κ3) is 4.11. The van der Waals surface area contributed by atoms with Gasteiger partial charge in [0.15, 0.2) is 0 Å². The van der Waals surface area contributed by atoms with E-state index in [9.17, 15) is 20.0 Å². The Morgan fingerprint density at radius 1 is 1.11 bits per heavy atom. The zero-order chi connectivity index (χ0) is 20.1. The Morgan fingerprint density at radius 2 is 1.89 bits per heavy atom. The lowest BCUT2D eigenvalue weighted by atomic mass is 10.2. The van der Waals surface area contributed by atoms with Gasteiger partial charge >= 0.3 is 0 Å². The molecule has 7 heteroatoms. The molecular formula is C21H13ClN3O3-. The van der Waals surface area contributed by atoms with Crippen LogP contribution in [-0.2, 0) is 4.79 Å². The Labute approximate surface area is 165 Å². The molecule has 0 aliphatic carbocycles. The summed E-state index contributed by atoms with van der Waals surface area (Å²) < 4.78 is 1.66. The fourth-order valence-electron chi connectivity index (χ4n) is 2.58. The summed E-state index contributed by atoms with van der Waals surface area (Å²) in [5, 5.41) is 23.5. The standard InChI is InChI=1S/C21H14ClN3O3/c22-18-8-1-2-9-19(18)24-20(26)15(13-23)12-17-7-4-10-25(17)16-6-3-5-14(11-16)21(27)28/h1-12H,(H,24,26)(H,27,28)/p-1/b15-12+. The first-order chi connectivity index (χ1) is 13.5. The van der Waals surface area contributed by atoms with Crippen LogP contribution < -0.4 is 10.4 Å². The van der Waals surface area contributed by atoms with Crippen molar-refractivity contribution in [3.63, 3.8) is 0 Å². The largest absolute Gasteiger partial charge is 0.545 e. The van der Waals surface area contributed by atoms with Crippen molar-refractivity contribution in [2.24, 2.45) is 0 Å². The van der Waals surface area contributed by atoms with Crippen LogP contribution >= 0.6 is 11.6 Å². The Bertz CT molecular complexity index is 1130. The minimum atomic E-state index is -1.29. The number of para-hydroxylation sites is 1. The molecule has 3 rings (SSSR count). The van der Waals surface area contributed by atoms with Crippen molar-refractivity contribution in [1.82, 2.24) is 4.57 Å². The third-order valence-corrected chi connectivity index (χ3v) is 4.25. The number of halogens is 1. The molecule has 0 saturated heterocycles. The van der Waals surface area contributed by atoms with Gasteiger partial charge < -0.3 is 19.8 Å². The fraction of sp³-hybridized carbons (Fsp3) is 0. The first-order valence-corrected chi connectivity index (χ1v) is 8.54. The molecule has 1 heterocycles. The first kappa shape index (κ1) is 19.0. The Hall–Kier alpha value is -3.82. The van der Waals surface area contributed by atoms with Crippen molar-refractivity contribution in [3.8, 4) is 11.8 Å². The van der Waals surface area contributed by atoms with Gasteiger partial charge in [0.2, 0.25) is 0 Å². The Balaban J connectivity index is 1.93. The zero-order valence-electron chi connectivity index (χ0n) is 14.4. The van der Waals surface area contributed by atoms with E-state index in [-0.39, 0.29) is 11.1 Å². The number of carbonyl (C=O) groups excluding carboxylic acids is 2. The molecule has 138 valence electrons. The molecule has 0 radical (unpaired) electrons. The number of hydrogen-bond donors (Lipinski definition) is 1. The molecule has 0 spiro atoms. The normalized spacial score (nSPS) is 10.9. The highest BCUT2D eigenvalue weighted by atomic mass is 35.5. The lowest BCUT2D eigenvalue weighted by molar-refractivity contribution is -0.255. The van der Waals surface area contributed by atoms with Crippen molar-refractivity contribution >= 4 is 35.2 Å². The number of aromatic carboxylic acids is 1. The van der Waals surface area contributed by atoms with Gasteiger partial charge in [0.25, 0.3) is 5.91 Å². The molecule has 0 bridgehead atoms. The molecule has 0 aliphatic heterocycles. The third-order valence-electron chi connectivity index (χ3n) is 3.92. The minimum Gasteiger partial charge on any atom is -0.545 e. The van der Waals surface area contributed by atoms with Crippen LogP contribution in [0.5, 0.6) is 0 Å². The monoisotopic (exact) mass is 390 g/mol. The summed E-state index contributed by atoms with van der Waals surface area (Å²) in [6, 6.07) is 18.2. The van der Waals surface area contributed by atoms with Crippen LogP contribution in [0.3, 0.4) is 0 Å². The number of anilines is 1. The highest BCUT2D eigenvalue weighted by molar-refractivity contribution is 6.34. The van der Waals surface area contributed by atoms with E-state index in [0.29, 0.717) is 22.1 Å². The van der Waals surface area contributed by atoms with E-state index in [0.717, 1.165) is 0 Å². The van der Waals surface area contributed by atoms with Crippen molar-refractivity contribution in [1.29, 1.82) is 5.26 Å². The summed E-state index contributed by atoms with van der Waals surface area (Å²) >= 11 is 6.03. The lowest BCUT2D eigenvalue weighted by Gasteiger charge is -2.10. The number of nitrogens with one attached hydrogen (secondary N) is 1. The maximum atomic E-state index is 12.5. The second-order valence-electron chi connectivity index (χ2n) is 5.74. The average Bonchev–Trinajstić information content (AvgIpc) is 3.16. The van der Waals surface area contributed by atoms with Gasteiger partial charge in [-0.05, 0) is 48.0 Å². The minimum absolute atomic E-state index is 0.0260. The second-order valence-corrected chi connectivity index (χ2v) is 6.15. The quantitative estimate of drug-likeness (QED) is 0.534. The predicted molar refractivity (Wildman–Crippen MR) is 104 cm³/mol. The number of nitrogens with zero attached hydrogens (tertiary/aromatic N) is 2. The zero-order valence-corrected chi connectivity index (χ0v) is 15.2. The van der Waals surface area contributed by atoms with Gasteiger partial charge in [0.1, 0.15) is 11.6 Å². The number of carbonyl (C=O) groups is 2. The van der Waals surface area contributed by atoms with Gasteiger partial charge in [0, 0.05) is 17.6 Å². The molecule has 1 amide bonds. The first-order valence-electron chi connectivity index (χ1n) is 8.16. The van der Waals surface area contributed by atoms with Crippen LogP contribution in [-0.4, -0.2) is 16.4 Å². The van der Waals surface area contributed by atoms with Crippen molar-refractivity contribution in [2.45, 2.75) is 0 Å². The maximum absolute atomic E-state index is 12.5. The highest BCUT2D eigenvalue weighted by Crippen LogP contribution is 2.22. The molecule has 3 aromatic rings. The second kappa shape index (κ2) is 8.25. The van der Waals surface area contributed by atoms with E-state index in [1.165, 1.54) is 18.2 Å². The molecule has 1 aromatic heterocycles. The SMILES string of the molecule is N#C/C(=C\c1cccn1-c1cccc(C(=O)[O-])c1)C(=O)Nc1ccccc1Cl. The number of benzene rings is 2. The summed E-state index contributed by atoms with van der Waals surface area (Å²) in [4.78, 5) is 23.5. The van der Waals surface area contributed by atoms with Crippen LogP contribution in [0.1, 0.15) is 16.1 Å². The number of hydrogen-bond acceptors (Lipinski definition) is 4. The van der Waals surface area contributed by atoms with Crippen LogP contribution in [0.15, 0.2) is 72.4 Å². The summed E-state index contributed by atoms with van der Waals surface area (Å²) in [5.74, 6) is -1.89. The van der Waals surface area contributed by atoms with Crippen LogP contribution in [0.4, 0.5) is 5.69 Å². The van der Waals surface area contributed by atoms with Gasteiger partial charge in [-0.15, -0.1) is 0 Å². The smallest absolute Gasteiger partial charge is 0.266 e. The van der Waals surface area contributed by atoms with Gasteiger partial charge in [0.05, 0.1) is 16.7 Å². The molecule has 0 saturated carbocycles. The fourth-order valence-corrected chi connectivity index (χ4v) is 2.76. The van der Waals surface area contributed by atoms with E-state index in [1.807, 2.05) is 6.07 Å². The van der Waals surface area contributed by atoms with Gasteiger partial charge in [-0.3, -0.25) is 4.79 Å². The number of aromatic nitrogens is 1. The lowest BCUT2D eigenvalue weighted by Crippen LogP contribution is -2.22. The maximum Gasteiger partial charge on any atom is 0.266 e. The molecule has 0 atom stereocenters. The number of carboxylic acids is 1. The van der Waals surface area contributed by atoms with E-state index < -0.39 is 11.9 Å². The molecule has 0 fully saturated rings. The summed E-state index contributed by atoms with van der Waals surface area (Å²) in [6.45, 7) is 0. The predicted octanol–water partition coefficient (Wildman–Crippen LogP) is 3.04. The van der Waals surface area contributed by atoms with E-state index in [2.05, 4.69) is 5.32 Å². The Morgan fingerprint density at radius 3 is 2.61 bits per heavy atom. The molecule has 1 N–H and O–H groups in total. The van der Waals surface area contributed by atoms with Crippen molar-refractivity contribution in [2.75, 3.05) is 5.32 Å². The van der Waals surface area contributed by atoms with Gasteiger partial charge in [-0.1, -0.05) is 35.9 Å². The van der Waals surface area contributed by atoms with Crippen LogP contribution in [0.2, 0.25) is 5.02 Å². The highest BCUT2D eigenvalue weighted by Gasteiger charge is 2.13. The molecule has 6 nitrogen and oxygen atoms in total. The van der Waals surface area contributed by atoms with Gasteiger partial charge in [-0.2, -0.15) is 5.26 Å². The number of rotatable bonds is 5. The molecule has 28 heavy (non-hydrogen) atoms. The summed E-state index contributed by atoms with van der Waals surface area (Å²) in [6.07, 6.45) is 3.11. The van der Waals surface area contributed by atoms with Crippen molar-refractivity contribution in [3.05, 3.63) is 88.7 Å². The molecule has 2 aromatic carbocycles. The molecular weight excluding hydrogens is 378 g/mol. The molecule has 0 aliphatic rings. The topological polar surface area (TPSA) is 97.9 Å². The average molecular weight is 391 g/mol. The number of carboxylic acid groups (broad SMARTS) is 1. The summed E-state index contributed by atoms with van der Waals surface area (Å²) in [5.41, 5.74) is 1.38. The van der Waals surface area contributed by atoms with Crippen LogP contribution in [0, 0.1) is 11.3 Å². The van der Waals surface area contributed by atoms with Crippen molar-refractivity contribution < 1.29 is 14.7 Å². The number of nitriles is 1. The number of amides is 1. The Kier molecular flexibility index (Phi) is 5.58. The molecule has 0 unspecified atom stereocenters.